The van der Waals surface area contributed by atoms with Crippen molar-refractivity contribution in [1.82, 2.24) is 26.2 Å². The van der Waals surface area contributed by atoms with E-state index in [9.17, 15) is 9.59 Å². The highest BCUT2D eigenvalue weighted by Crippen LogP contribution is 2.09. The molecule has 4 N–H and O–H groups in total. The zero-order valence-corrected chi connectivity index (χ0v) is 17.4. The first-order chi connectivity index (χ1) is 13.0. The summed E-state index contributed by atoms with van der Waals surface area (Å²) < 4.78 is 0. The van der Waals surface area contributed by atoms with Crippen LogP contribution >= 0.6 is 0 Å². The van der Waals surface area contributed by atoms with Gasteiger partial charge in [0.2, 0.25) is 11.8 Å². The molecule has 156 valence electrons. The highest BCUT2D eigenvalue weighted by Gasteiger charge is 2.21. The van der Waals surface area contributed by atoms with E-state index in [4.69, 9.17) is 0 Å². The summed E-state index contributed by atoms with van der Waals surface area (Å²) in [6.07, 6.45) is 2.93. The minimum atomic E-state index is -0.00502. The summed E-state index contributed by atoms with van der Waals surface area (Å²) in [5.74, 6) is 0.949. The number of hydrogen-bond donors (Lipinski definition) is 4. The van der Waals surface area contributed by atoms with Crippen LogP contribution in [0.1, 0.15) is 47.0 Å². The smallest absolute Gasteiger partial charge is 0.234 e. The second-order valence-corrected chi connectivity index (χ2v) is 7.25. The minimum absolute atomic E-state index is 0.00502. The number of nitrogens with one attached hydrogen (secondary N) is 4. The van der Waals surface area contributed by atoms with Crippen LogP contribution < -0.4 is 21.3 Å². The van der Waals surface area contributed by atoms with Crippen LogP contribution in [0, 0.1) is 5.92 Å². The maximum atomic E-state index is 11.8. The standard InChI is InChI=1S/C19H38N6O2/c1-5-9-21-17(26)14-25-12-7-16(8-13-25)24-19(20-6-2)23-11-10-22-18(27)15(3)4/h15-16H,5-14H2,1-4H3,(H,21,26)(H,22,27)(H2,20,23,24). The Morgan fingerprint density at radius 2 is 1.78 bits per heavy atom. The summed E-state index contributed by atoms with van der Waals surface area (Å²) >= 11 is 0. The van der Waals surface area contributed by atoms with Gasteiger partial charge in [0.1, 0.15) is 0 Å². The average molecular weight is 383 g/mol. The van der Waals surface area contributed by atoms with E-state index in [0.717, 1.165) is 51.4 Å². The molecule has 1 rings (SSSR count). The van der Waals surface area contributed by atoms with E-state index in [1.54, 1.807) is 0 Å². The molecule has 27 heavy (non-hydrogen) atoms. The quantitative estimate of drug-likeness (QED) is 0.248. The number of aliphatic imine (C=N–C) groups is 1. The second-order valence-electron chi connectivity index (χ2n) is 7.25. The maximum absolute atomic E-state index is 11.8. The Hall–Kier alpha value is -1.83. The number of rotatable bonds is 10. The van der Waals surface area contributed by atoms with Crippen molar-refractivity contribution in [3.8, 4) is 0 Å². The third-order valence-electron chi connectivity index (χ3n) is 4.42. The predicted octanol–water partition coefficient (Wildman–Crippen LogP) is 0.304. The molecule has 2 amide bonds. The van der Waals surface area contributed by atoms with Crippen molar-refractivity contribution in [2.75, 3.05) is 45.8 Å². The molecule has 0 aliphatic carbocycles. The van der Waals surface area contributed by atoms with Gasteiger partial charge in [-0.3, -0.25) is 19.5 Å². The Morgan fingerprint density at radius 1 is 1.07 bits per heavy atom. The number of carbonyl (C=O) groups excluding carboxylic acids is 2. The Morgan fingerprint density at radius 3 is 2.37 bits per heavy atom. The lowest BCUT2D eigenvalue weighted by Gasteiger charge is -2.32. The molecule has 1 fully saturated rings. The van der Waals surface area contributed by atoms with Crippen LogP contribution in [-0.2, 0) is 9.59 Å². The van der Waals surface area contributed by atoms with Crippen LogP contribution in [0.15, 0.2) is 4.99 Å². The number of nitrogens with zero attached hydrogens (tertiary/aromatic N) is 2. The van der Waals surface area contributed by atoms with Gasteiger partial charge in [0.15, 0.2) is 5.96 Å². The predicted molar refractivity (Wildman–Crippen MR) is 110 cm³/mol. The van der Waals surface area contributed by atoms with Crippen LogP contribution in [0.25, 0.3) is 0 Å². The van der Waals surface area contributed by atoms with Crippen molar-refractivity contribution >= 4 is 17.8 Å². The van der Waals surface area contributed by atoms with Crippen molar-refractivity contribution in [2.45, 2.75) is 53.0 Å². The molecule has 1 saturated heterocycles. The molecule has 0 saturated carbocycles. The van der Waals surface area contributed by atoms with Gasteiger partial charge in [-0.05, 0) is 26.2 Å². The van der Waals surface area contributed by atoms with E-state index in [2.05, 4.69) is 38.1 Å². The molecule has 8 heteroatoms. The zero-order valence-electron chi connectivity index (χ0n) is 17.4. The van der Waals surface area contributed by atoms with Crippen molar-refractivity contribution in [3.05, 3.63) is 0 Å². The highest BCUT2D eigenvalue weighted by molar-refractivity contribution is 5.80. The summed E-state index contributed by atoms with van der Waals surface area (Å²) in [6.45, 7) is 12.8. The van der Waals surface area contributed by atoms with Crippen molar-refractivity contribution in [3.63, 3.8) is 0 Å². The van der Waals surface area contributed by atoms with Gasteiger partial charge in [0.25, 0.3) is 0 Å². The monoisotopic (exact) mass is 382 g/mol. The first-order valence-corrected chi connectivity index (χ1v) is 10.3. The fourth-order valence-corrected chi connectivity index (χ4v) is 2.82. The molecule has 0 unspecified atom stereocenters. The van der Waals surface area contributed by atoms with Gasteiger partial charge in [-0.25, -0.2) is 0 Å². The number of carbonyl (C=O) groups is 2. The van der Waals surface area contributed by atoms with E-state index in [0.29, 0.717) is 25.7 Å². The lowest BCUT2D eigenvalue weighted by molar-refractivity contribution is -0.124. The molecule has 0 aromatic heterocycles. The molecular formula is C19H38N6O2. The van der Waals surface area contributed by atoms with Crippen molar-refractivity contribution in [1.29, 1.82) is 0 Å². The lowest BCUT2D eigenvalue weighted by Crippen LogP contribution is -2.50. The Bertz CT molecular complexity index is 473. The molecule has 0 atom stereocenters. The fourth-order valence-electron chi connectivity index (χ4n) is 2.82. The molecule has 1 aliphatic rings. The second kappa shape index (κ2) is 13.4. The van der Waals surface area contributed by atoms with Gasteiger partial charge >= 0.3 is 0 Å². The highest BCUT2D eigenvalue weighted by atomic mass is 16.2. The third kappa shape index (κ3) is 10.2. The molecule has 0 spiro atoms. The average Bonchev–Trinajstić information content (AvgIpc) is 2.64. The number of hydrogen-bond acceptors (Lipinski definition) is 4. The summed E-state index contributed by atoms with van der Waals surface area (Å²) in [5, 5.41) is 12.5. The third-order valence-corrected chi connectivity index (χ3v) is 4.42. The largest absolute Gasteiger partial charge is 0.357 e. The Labute approximate surface area is 163 Å². The first-order valence-electron chi connectivity index (χ1n) is 10.3. The maximum Gasteiger partial charge on any atom is 0.234 e. The molecule has 1 aliphatic heterocycles. The number of amides is 2. The van der Waals surface area contributed by atoms with E-state index in [1.165, 1.54) is 0 Å². The number of piperidine rings is 1. The summed E-state index contributed by atoms with van der Waals surface area (Å²) in [6, 6.07) is 0.350. The van der Waals surface area contributed by atoms with Crippen LogP contribution in [0.2, 0.25) is 0 Å². The van der Waals surface area contributed by atoms with Crippen molar-refractivity contribution in [2.24, 2.45) is 10.9 Å². The summed E-state index contributed by atoms with van der Waals surface area (Å²) in [4.78, 5) is 30.1. The molecule has 0 aromatic carbocycles. The van der Waals surface area contributed by atoms with Gasteiger partial charge in [-0.2, -0.15) is 0 Å². The molecule has 0 radical (unpaired) electrons. The SMILES string of the molecule is CCCNC(=O)CN1CCC(NC(=NCCNC(=O)C(C)C)NCC)CC1. The summed E-state index contributed by atoms with van der Waals surface area (Å²) in [7, 11) is 0. The number of guanidine groups is 1. The van der Waals surface area contributed by atoms with Gasteiger partial charge < -0.3 is 21.3 Å². The van der Waals surface area contributed by atoms with Crippen LogP contribution in [0.3, 0.4) is 0 Å². The fraction of sp³-hybridized carbons (Fsp3) is 0.842. The Balaban J connectivity index is 2.33. The first kappa shape index (κ1) is 23.2. The normalized spacial score (nSPS) is 16.3. The minimum Gasteiger partial charge on any atom is -0.357 e. The van der Waals surface area contributed by atoms with Crippen LogP contribution in [0.4, 0.5) is 0 Å². The van der Waals surface area contributed by atoms with E-state index < -0.39 is 0 Å². The Kier molecular flexibility index (Phi) is 11.5. The van der Waals surface area contributed by atoms with Gasteiger partial charge in [-0.15, -0.1) is 0 Å². The van der Waals surface area contributed by atoms with E-state index in [-0.39, 0.29) is 17.7 Å². The van der Waals surface area contributed by atoms with Crippen LogP contribution in [-0.4, -0.2) is 74.5 Å². The molecular weight excluding hydrogens is 344 g/mol. The summed E-state index contributed by atoms with van der Waals surface area (Å²) in [5.41, 5.74) is 0. The number of likely N-dealkylation sites (tertiary alicyclic amines) is 1. The van der Waals surface area contributed by atoms with Gasteiger partial charge in [0.05, 0.1) is 13.1 Å². The van der Waals surface area contributed by atoms with Gasteiger partial charge in [0, 0.05) is 44.7 Å². The van der Waals surface area contributed by atoms with Gasteiger partial charge in [-0.1, -0.05) is 20.8 Å². The lowest BCUT2D eigenvalue weighted by atomic mass is 10.1. The van der Waals surface area contributed by atoms with Crippen LogP contribution in [0.5, 0.6) is 0 Å². The topological polar surface area (TPSA) is 97.9 Å². The molecule has 0 bridgehead atoms. The molecule has 0 aromatic rings. The van der Waals surface area contributed by atoms with E-state index in [1.807, 2.05) is 20.8 Å². The zero-order chi connectivity index (χ0) is 20.1. The van der Waals surface area contributed by atoms with E-state index >= 15 is 0 Å². The molecule has 1 heterocycles. The molecule has 8 nitrogen and oxygen atoms in total. The van der Waals surface area contributed by atoms with Crippen molar-refractivity contribution < 1.29 is 9.59 Å².